The fraction of sp³-hybridized carbons (Fsp3) is 0.417. The zero-order valence-corrected chi connectivity index (χ0v) is 10.6. The standard InChI is InChI=1S/C12H13BrFNO/c1-12(6-3-7-12)15-11(16)8-4-2-5-9(13)10(8)14/h2,4-5H,3,6-7H2,1H3,(H,15,16). The molecule has 0 radical (unpaired) electrons. The van der Waals surface area contributed by atoms with Crippen molar-refractivity contribution in [2.24, 2.45) is 0 Å². The Balaban J connectivity index is 2.17. The number of hydrogen-bond donors (Lipinski definition) is 1. The van der Waals surface area contributed by atoms with E-state index in [0.717, 1.165) is 19.3 Å². The Bertz CT molecular complexity index is 429. The van der Waals surface area contributed by atoms with Crippen LogP contribution in [0.5, 0.6) is 0 Å². The minimum Gasteiger partial charge on any atom is -0.347 e. The molecule has 1 N–H and O–H groups in total. The van der Waals surface area contributed by atoms with Gasteiger partial charge in [0.2, 0.25) is 0 Å². The van der Waals surface area contributed by atoms with E-state index in [2.05, 4.69) is 21.2 Å². The summed E-state index contributed by atoms with van der Waals surface area (Å²) in [5, 5.41) is 2.88. The second-order valence-electron chi connectivity index (χ2n) is 4.47. The molecule has 4 heteroatoms. The van der Waals surface area contributed by atoms with Gasteiger partial charge in [0, 0.05) is 5.54 Å². The number of carbonyl (C=O) groups excluding carboxylic acids is 1. The number of nitrogens with one attached hydrogen (secondary N) is 1. The fourth-order valence-electron chi connectivity index (χ4n) is 1.85. The smallest absolute Gasteiger partial charge is 0.254 e. The third-order valence-electron chi connectivity index (χ3n) is 3.07. The zero-order valence-electron chi connectivity index (χ0n) is 9.02. The minimum absolute atomic E-state index is 0.0995. The molecule has 16 heavy (non-hydrogen) atoms. The summed E-state index contributed by atoms with van der Waals surface area (Å²) >= 11 is 3.07. The first kappa shape index (κ1) is 11.6. The van der Waals surface area contributed by atoms with Crippen LogP contribution in [0.1, 0.15) is 36.5 Å². The molecule has 1 aliphatic carbocycles. The summed E-state index contributed by atoms with van der Waals surface area (Å²) in [6, 6.07) is 4.74. The predicted molar refractivity (Wildman–Crippen MR) is 63.8 cm³/mol. The van der Waals surface area contributed by atoms with E-state index in [1.54, 1.807) is 12.1 Å². The normalized spacial score (nSPS) is 17.7. The lowest BCUT2D eigenvalue weighted by Crippen LogP contribution is -2.51. The summed E-state index contributed by atoms with van der Waals surface area (Å²) in [6.45, 7) is 1.99. The number of carbonyl (C=O) groups is 1. The Kier molecular flexibility index (Phi) is 3.02. The van der Waals surface area contributed by atoms with Crippen LogP contribution in [0.3, 0.4) is 0 Å². The van der Waals surface area contributed by atoms with Crippen molar-refractivity contribution in [3.05, 3.63) is 34.1 Å². The molecule has 1 aromatic carbocycles. The quantitative estimate of drug-likeness (QED) is 0.888. The van der Waals surface area contributed by atoms with Crippen molar-refractivity contribution in [1.82, 2.24) is 5.32 Å². The molecule has 0 bridgehead atoms. The average Bonchev–Trinajstić information content (AvgIpc) is 2.19. The Labute approximate surface area is 102 Å². The monoisotopic (exact) mass is 285 g/mol. The van der Waals surface area contributed by atoms with Gasteiger partial charge in [-0.1, -0.05) is 6.07 Å². The van der Waals surface area contributed by atoms with E-state index in [9.17, 15) is 9.18 Å². The maximum absolute atomic E-state index is 13.6. The number of amides is 1. The van der Waals surface area contributed by atoms with Crippen molar-refractivity contribution < 1.29 is 9.18 Å². The zero-order chi connectivity index (χ0) is 11.8. The maximum Gasteiger partial charge on any atom is 0.254 e. The summed E-state index contributed by atoms with van der Waals surface area (Å²) in [5.74, 6) is -0.830. The average molecular weight is 286 g/mol. The third kappa shape index (κ3) is 2.12. The Morgan fingerprint density at radius 1 is 1.50 bits per heavy atom. The van der Waals surface area contributed by atoms with Gasteiger partial charge in [0.1, 0.15) is 5.82 Å². The van der Waals surface area contributed by atoms with E-state index in [1.807, 2.05) is 6.92 Å². The van der Waals surface area contributed by atoms with Crippen molar-refractivity contribution in [3.63, 3.8) is 0 Å². The first-order valence-corrected chi connectivity index (χ1v) is 6.08. The molecular formula is C12H13BrFNO. The Morgan fingerprint density at radius 3 is 2.75 bits per heavy atom. The summed E-state index contributed by atoms with van der Waals surface area (Å²) in [5.41, 5.74) is -0.0474. The lowest BCUT2D eigenvalue weighted by molar-refractivity contribution is 0.0846. The van der Waals surface area contributed by atoms with Crippen molar-refractivity contribution >= 4 is 21.8 Å². The van der Waals surface area contributed by atoms with Gasteiger partial charge >= 0.3 is 0 Å². The first-order chi connectivity index (χ1) is 7.52. The van der Waals surface area contributed by atoms with Crippen LogP contribution in [0, 0.1) is 5.82 Å². The van der Waals surface area contributed by atoms with Gasteiger partial charge in [-0.05, 0) is 54.2 Å². The molecule has 0 aliphatic heterocycles. The van der Waals surface area contributed by atoms with Crippen molar-refractivity contribution in [1.29, 1.82) is 0 Å². The molecular weight excluding hydrogens is 273 g/mol. The maximum atomic E-state index is 13.6. The summed E-state index contributed by atoms with van der Waals surface area (Å²) < 4.78 is 14.0. The number of rotatable bonds is 2. The molecule has 0 heterocycles. The third-order valence-corrected chi connectivity index (χ3v) is 3.68. The van der Waals surface area contributed by atoms with Crippen LogP contribution in [0.2, 0.25) is 0 Å². The van der Waals surface area contributed by atoms with Crippen molar-refractivity contribution in [2.75, 3.05) is 0 Å². The van der Waals surface area contributed by atoms with Crippen LogP contribution < -0.4 is 5.32 Å². The molecule has 2 rings (SSSR count). The molecule has 1 saturated carbocycles. The van der Waals surface area contributed by atoms with Gasteiger partial charge in [-0.25, -0.2) is 4.39 Å². The molecule has 86 valence electrons. The lowest BCUT2D eigenvalue weighted by Gasteiger charge is -2.39. The molecule has 1 aliphatic rings. The lowest BCUT2D eigenvalue weighted by atomic mass is 9.78. The van der Waals surface area contributed by atoms with Crippen molar-refractivity contribution in [3.8, 4) is 0 Å². The molecule has 0 unspecified atom stereocenters. The van der Waals surface area contributed by atoms with E-state index >= 15 is 0 Å². The van der Waals surface area contributed by atoms with E-state index in [0.29, 0.717) is 4.47 Å². The number of halogens is 2. The van der Waals surface area contributed by atoms with Gasteiger partial charge in [-0.3, -0.25) is 4.79 Å². The van der Waals surface area contributed by atoms with E-state index in [4.69, 9.17) is 0 Å². The number of benzene rings is 1. The molecule has 2 nitrogen and oxygen atoms in total. The summed E-state index contributed by atoms with van der Waals surface area (Å²) in [6.07, 6.45) is 3.06. The Hall–Kier alpha value is -0.900. The van der Waals surface area contributed by atoms with Gasteiger partial charge < -0.3 is 5.32 Å². The highest BCUT2D eigenvalue weighted by molar-refractivity contribution is 9.10. The van der Waals surface area contributed by atoms with Crippen LogP contribution in [-0.4, -0.2) is 11.4 Å². The molecule has 1 fully saturated rings. The van der Waals surface area contributed by atoms with Crippen molar-refractivity contribution in [2.45, 2.75) is 31.7 Å². The Morgan fingerprint density at radius 2 is 2.19 bits per heavy atom. The fourth-order valence-corrected chi connectivity index (χ4v) is 2.22. The summed E-state index contributed by atoms with van der Waals surface area (Å²) in [4.78, 5) is 11.9. The molecule has 1 aromatic rings. The van der Waals surface area contributed by atoms with E-state index in [-0.39, 0.29) is 17.0 Å². The first-order valence-electron chi connectivity index (χ1n) is 5.28. The largest absolute Gasteiger partial charge is 0.347 e. The van der Waals surface area contributed by atoms with Gasteiger partial charge in [-0.2, -0.15) is 0 Å². The second kappa shape index (κ2) is 4.17. The van der Waals surface area contributed by atoms with Gasteiger partial charge in [0.15, 0.2) is 0 Å². The van der Waals surface area contributed by atoms with Gasteiger partial charge in [0.05, 0.1) is 10.0 Å². The molecule has 0 atom stereocenters. The van der Waals surface area contributed by atoms with Crippen LogP contribution >= 0.6 is 15.9 Å². The molecule has 0 aromatic heterocycles. The number of hydrogen-bond acceptors (Lipinski definition) is 1. The molecule has 0 spiro atoms. The highest BCUT2D eigenvalue weighted by Gasteiger charge is 2.33. The van der Waals surface area contributed by atoms with Crippen LogP contribution in [-0.2, 0) is 0 Å². The van der Waals surface area contributed by atoms with E-state index < -0.39 is 5.82 Å². The second-order valence-corrected chi connectivity index (χ2v) is 5.32. The summed E-state index contributed by atoms with van der Waals surface area (Å²) in [7, 11) is 0. The predicted octanol–water partition coefficient (Wildman–Crippen LogP) is 3.26. The van der Waals surface area contributed by atoms with Crippen LogP contribution in [0.25, 0.3) is 0 Å². The molecule has 0 saturated heterocycles. The minimum atomic E-state index is -0.497. The van der Waals surface area contributed by atoms with Gasteiger partial charge in [0.25, 0.3) is 5.91 Å². The van der Waals surface area contributed by atoms with E-state index in [1.165, 1.54) is 6.07 Å². The highest BCUT2D eigenvalue weighted by atomic mass is 79.9. The highest BCUT2D eigenvalue weighted by Crippen LogP contribution is 2.31. The van der Waals surface area contributed by atoms with Crippen LogP contribution in [0.15, 0.2) is 22.7 Å². The molecule has 1 amide bonds. The SMILES string of the molecule is CC1(NC(=O)c2cccc(Br)c2F)CCC1. The van der Waals surface area contributed by atoms with Gasteiger partial charge in [-0.15, -0.1) is 0 Å². The topological polar surface area (TPSA) is 29.1 Å². The van der Waals surface area contributed by atoms with Crippen LogP contribution in [0.4, 0.5) is 4.39 Å².